The van der Waals surface area contributed by atoms with Gasteiger partial charge in [0.05, 0.1) is 13.2 Å². The molecule has 1 saturated heterocycles. The zero-order valence-corrected chi connectivity index (χ0v) is 12.6. The minimum absolute atomic E-state index is 0.264. The van der Waals surface area contributed by atoms with Crippen LogP contribution in [0.1, 0.15) is 17.3 Å². The minimum Gasteiger partial charge on any atom is -0.378 e. The average molecular weight is 338 g/mol. The topological polar surface area (TPSA) is 60.2 Å². The normalized spacial score (nSPS) is 19.1. The zero-order chi connectivity index (χ0) is 13.8. The molecule has 0 spiro atoms. The highest BCUT2D eigenvalue weighted by molar-refractivity contribution is 9.10. The number of nitrogens with one attached hydrogen (secondary N) is 1. The molecule has 0 radical (unpaired) electrons. The number of hydrogen-bond acceptors (Lipinski definition) is 5. The third-order valence-corrected chi connectivity index (χ3v) is 4.01. The molecule has 2 aromatic rings. The van der Waals surface area contributed by atoms with Crippen molar-refractivity contribution in [2.75, 3.05) is 19.8 Å². The Morgan fingerprint density at radius 1 is 1.35 bits per heavy atom. The molecule has 1 aliphatic rings. The molecule has 0 aliphatic carbocycles. The van der Waals surface area contributed by atoms with Crippen molar-refractivity contribution in [2.24, 2.45) is 0 Å². The van der Waals surface area contributed by atoms with E-state index in [1.165, 1.54) is 0 Å². The first-order chi connectivity index (χ1) is 9.81. The van der Waals surface area contributed by atoms with Crippen LogP contribution in [0.2, 0.25) is 0 Å². The molecular weight excluding hydrogens is 322 g/mol. The van der Waals surface area contributed by atoms with Crippen molar-refractivity contribution in [1.82, 2.24) is 15.5 Å². The Hall–Kier alpha value is -1.24. The first-order valence-electron chi connectivity index (χ1n) is 6.67. The number of halogens is 1. The summed E-state index contributed by atoms with van der Waals surface area (Å²) in [7, 11) is 0. The van der Waals surface area contributed by atoms with E-state index in [0.29, 0.717) is 31.2 Å². The molecular formula is C14H16BrN3O2. The molecule has 1 aromatic carbocycles. The van der Waals surface area contributed by atoms with Gasteiger partial charge < -0.3 is 14.6 Å². The van der Waals surface area contributed by atoms with Crippen LogP contribution in [0.3, 0.4) is 0 Å². The second-order valence-corrected chi connectivity index (χ2v) is 5.66. The van der Waals surface area contributed by atoms with E-state index in [1.807, 2.05) is 18.2 Å². The molecule has 3 rings (SSSR count). The molecule has 106 valence electrons. The summed E-state index contributed by atoms with van der Waals surface area (Å²) in [4.78, 5) is 4.45. The summed E-state index contributed by atoms with van der Waals surface area (Å²) in [6.07, 6.45) is 1.38. The van der Waals surface area contributed by atoms with Gasteiger partial charge in [0.15, 0.2) is 5.82 Å². The van der Waals surface area contributed by atoms with E-state index in [4.69, 9.17) is 9.26 Å². The van der Waals surface area contributed by atoms with E-state index in [9.17, 15) is 0 Å². The summed E-state index contributed by atoms with van der Waals surface area (Å²) in [6, 6.07) is 8.32. The van der Waals surface area contributed by atoms with Gasteiger partial charge in [-0.15, -0.1) is 0 Å². The van der Waals surface area contributed by atoms with E-state index in [0.717, 1.165) is 23.2 Å². The molecule has 0 amide bonds. The van der Waals surface area contributed by atoms with Crippen LogP contribution in [0, 0.1) is 0 Å². The molecule has 1 aromatic heterocycles. The fraction of sp³-hybridized carbons (Fsp3) is 0.429. The number of rotatable bonds is 4. The molecule has 1 fully saturated rings. The Bertz CT molecular complexity index is 567. The summed E-state index contributed by atoms with van der Waals surface area (Å²) < 4.78 is 11.8. The smallest absolute Gasteiger partial charge is 0.228 e. The molecule has 20 heavy (non-hydrogen) atoms. The SMILES string of the molecule is Brc1ccccc1Cc1noc(CC2COCCN2)n1. The lowest BCUT2D eigenvalue weighted by atomic mass is 10.1. The van der Waals surface area contributed by atoms with Crippen molar-refractivity contribution in [2.45, 2.75) is 18.9 Å². The van der Waals surface area contributed by atoms with Crippen LogP contribution in [0.25, 0.3) is 0 Å². The molecule has 1 N–H and O–H groups in total. The van der Waals surface area contributed by atoms with E-state index >= 15 is 0 Å². The number of morpholine rings is 1. The number of aromatic nitrogens is 2. The van der Waals surface area contributed by atoms with Crippen molar-refractivity contribution in [3.05, 3.63) is 46.0 Å². The van der Waals surface area contributed by atoms with Gasteiger partial charge in [-0.1, -0.05) is 39.3 Å². The Morgan fingerprint density at radius 3 is 3.05 bits per heavy atom. The van der Waals surface area contributed by atoms with Crippen molar-refractivity contribution < 1.29 is 9.26 Å². The molecule has 1 atom stereocenters. The number of nitrogens with zero attached hydrogens (tertiary/aromatic N) is 2. The predicted molar refractivity (Wildman–Crippen MR) is 77.6 cm³/mol. The Balaban J connectivity index is 1.63. The standard InChI is InChI=1S/C14H16BrN3O2/c15-12-4-2-1-3-10(12)7-13-17-14(20-18-13)8-11-9-19-6-5-16-11/h1-4,11,16H,5-9H2. The van der Waals surface area contributed by atoms with Crippen molar-refractivity contribution >= 4 is 15.9 Å². The number of benzene rings is 1. The van der Waals surface area contributed by atoms with Gasteiger partial charge in [-0.3, -0.25) is 0 Å². The van der Waals surface area contributed by atoms with Gasteiger partial charge in [0.25, 0.3) is 0 Å². The van der Waals surface area contributed by atoms with E-state index in [-0.39, 0.29) is 6.04 Å². The molecule has 2 heterocycles. The number of hydrogen-bond donors (Lipinski definition) is 1. The van der Waals surface area contributed by atoms with Crippen molar-refractivity contribution in [1.29, 1.82) is 0 Å². The highest BCUT2D eigenvalue weighted by Crippen LogP contribution is 2.18. The molecule has 0 saturated carbocycles. The highest BCUT2D eigenvalue weighted by Gasteiger charge is 2.17. The Morgan fingerprint density at radius 2 is 2.25 bits per heavy atom. The maximum Gasteiger partial charge on any atom is 0.228 e. The lowest BCUT2D eigenvalue weighted by molar-refractivity contribution is 0.0744. The first-order valence-corrected chi connectivity index (χ1v) is 7.46. The van der Waals surface area contributed by atoms with Crippen LogP contribution < -0.4 is 5.32 Å². The summed E-state index contributed by atoms with van der Waals surface area (Å²) in [6.45, 7) is 2.35. The van der Waals surface area contributed by atoms with Crippen LogP contribution in [0.5, 0.6) is 0 Å². The van der Waals surface area contributed by atoms with Crippen LogP contribution in [0.15, 0.2) is 33.3 Å². The summed E-state index contributed by atoms with van der Waals surface area (Å²) in [5.41, 5.74) is 1.15. The van der Waals surface area contributed by atoms with Crippen molar-refractivity contribution in [3.8, 4) is 0 Å². The maximum atomic E-state index is 5.41. The Labute approximate surface area is 125 Å². The van der Waals surface area contributed by atoms with Gasteiger partial charge >= 0.3 is 0 Å². The van der Waals surface area contributed by atoms with Gasteiger partial charge in [0.2, 0.25) is 5.89 Å². The third-order valence-electron chi connectivity index (χ3n) is 3.24. The fourth-order valence-corrected chi connectivity index (χ4v) is 2.64. The second kappa shape index (κ2) is 6.47. The van der Waals surface area contributed by atoms with Gasteiger partial charge in [0.1, 0.15) is 0 Å². The van der Waals surface area contributed by atoms with Gasteiger partial charge in [-0.2, -0.15) is 4.98 Å². The largest absolute Gasteiger partial charge is 0.378 e. The zero-order valence-electron chi connectivity index (χ0n) is 11.0. The highest BCUT2D eigenvalue weighted by atomic mass is 79.9. The van der Waals surface area contributed by atoms with E-state index < -0.39 is 0 Å². The van der Waals surface area contributed by atoms with E-state index in [2.05, 4.69) is 37.5 Å². The van der Waals surface area contributed by atoms with Crippen LogP contribution in [-0.2, 0) is 17.6 Å². The summed E-state index contributed by atoms with van der Waals surface area (Å²) in [5, 5.41) is 7.42. The second-order valence-electron chi connectivity index (χ2n) is 4.80. The van der Waals surface area contributed by atoms with E-state index in [1.54, 1.807) is 0 Å². The molecule has 1 unspecified atom stereocenters. The lowest BCUT2D eigenvalue weighted by Crippen LogP contribution is -2.42. The summed E-state index contributed by atoms with van der Waals surface area (Å²) in [5.74, 6) is 1.37. The minimum atomic E-state index is 0.264. The summed E-state index contributed by atoms with van der Waals surface area (Å²) >= 11 is 3.53. The third kappa shape index (κ3) is 3.45. The van der Waals surface area contributed by atoms with Gasteiger partial charge in [0, 0.05) is 29.9 Å². The molecule has 1 aliphatic heterocycles. The van der Waals surface area contributed by atoms with Crippen LogP contribution in [-0.4, -0.2) is 35.9 Å². The fourth-order valence-electron chi connectivity index (χ4n) is 2.22. The predicted octanol–water partition coefficient (Wildman–Crippen LogP) is 1.95. The molecule has 0 bridgehead atoms. The average Bonchev–Trinajstić information content (AvgIpc) is 2.90. The maximum absolute atomic E-state index is 5.41. The molecule has 6 heteroatoms. The quantitative estimate of drug-likeness (QED) is 0.923. The van der Waals surface area contributed by atoms with Gasteiger partial charge in [-0.25, -0.2) is 0 Å². The molecule has 5 nitrogen and oxygen atoms in total. The van der Waals surface area contributed by atoms with Crippen molar-refractivity contribution in [3.63, 3.8) is 0 Å². The lowest BCUT2D eigenvalue weighted by Gasteiger charge is -2.22. The van der Waals surface area contributed by atoms with Crippen LogP contribution in [0.4, 0.5) is 0 Å². The van der Waals surface area contributed by atoms with Gasteiger partial charge in [-0.05, 0) is 11.6 Å². The first kappa shape index (κ1) is 13.7. The monoisotopic (exact) mass is 337 g/mol. The number of ether oxygens (including phenoxy) is 1. The Kier molecular flexibility index (Phi) is 4.44. The van der Waals surface area contributed by atoms with Crippen LogP contribution >= 0.6 is 15.9 Å².